The van der Waals surface area contributed by atoms with Gasteiger partial charge < -0.3 is 19.1 Å². The van der Waals surface area contributed by atoms with Gasteiger partial charge in [0.1, 0.15) is 18.1 Å². The molecule has 4 rings (SSSR count). The first-order valence-corrected chi connectivity index (χ1v) is 10.1. The van der Waals surface area contributed by atoms with Crippen LogP contribution in [-0.2, 0) is 19.6 Å². The number of benzene rings is 2. The normalized spacial score (nSPS) is 16.2. The minimum Gasteiger partial charge on any atom is -0.489 e. The van der Waals surface area contributed by atoms with Crippen LogP contribution in [0.5, 0.6) is 5.75 Å². The van der Waals surface area contributed by atoms with Crippen molar-refractivity contribution >= 4 is 5.69 Å². The summed E-state index contributed by atoms with van der Waals surface area (Å²) in [5.41, 5.74) is 5.97. The summed E-state index contributed by atoms with van der Waals surface area (Å²) in [6.07, 6.45) is 1.11. The minimum atomic E-state index is 0.477. The van der Waals surface area contributed by atoms with Gasteiger partial charge in [0.15, 0.2) is 0 Å². The molecule has 152 valence electrons. The standard InChI is InChI=1S/C24H29N3O2/c1-17-23(18(2)29-25-17)16-28-22-11-9-19(10-12-22)14-27-15-21(26(3)4)13-20-7-5-6-8-24(20)27/h5-12,21H,13-16H2,1-4H3/t21-/m1/s1. The molecular weight excluding hydrogens is 362 g/mol. The lowest BCUT2D eigenvalue weighted by Gasteiger charge is -2.39. The number of ether oxygens (including phenoxy) is 1. The summed E-state index contributed by atoms with van der Waals surface area (Å²) >= 11 is 0. The highest BCUT2D eigenvalue weighted by molar-refractivity contribution is 5.56. The number of para-hydroxylation sites is 1. The van der Waals surface area contributed by atoms with Gasteiger partial charge in [-0.1, -0.05) is 35.5 Å². The average molecular weight is 392 g/mol. The first kappa shape index (κ1) is 19.5. The van der Waals surface area contributed by atoms with E-state index in [0.717, 1.165) is 42.3 Å². The molecule has 29 heavy (non-hydrogen) atoms. The highest BCUT2D eigenvalue weighted by atomic mass is 16.5. The zero-order valence-corrected chi connectivity index (χ0v) is 17.7. The average Bonchev–Trinajstić information content (AvgIpc) is 3.05. The summed E-state index contributed by atoms with van der Waals surface area (Å²) in [7, 11) is 4.34. The predicted octanol–water partition coefficient (Wildman–Crippen LogP) is 4.36. The quantitative estimate of drug-likeness (QED) is 0.624. The third-order valence-corrected chi connectivity index (χ3v) is 5.81. The van der Waals surface area contributed by atoms with E-state index in [9.17, 15) is 0 Å². The Morgan fingerprint density at radius 2 is 1.86 bits per heavy atom. The zero-order chi connectivity index (χ0) is 20.4. The van der Waals surface area contributed by atoms with Crippen molar-refractivity contribution in [2.24, 2.45) is 0 Å². The Hall–Kier alpha value is -2.79. The molecule has 0 amide bonds. The van der Waals surface area contributed by atoms with Crippen molar-refractivity contribution in [2.45, 2.75) is 39.5 Å². The molecular formula is C24H29N3O2. The van der Waals surface area contributed by atoms with Gasteiger partial charge in [0, 0.05) is 24.8 Å². The third kappa shape index (κ3) is 4.30. The molecule has 0 saturated heterocycles. The smallest absolute Gasteiger partial charge is 0.140 e. The molecule has 5 nitrogen and oxygen atoms in total. The van der Waals surface area contributed by atoms with Crippen molar-refractivity contribution in [3.8, 4) is 5.75 Å². The van der Waals surface area contributed by atoms with Gasteiger partial charge in [-0.25, -0.2) is 0 Å². The van der Waals surface area contributed by atoms with E-state index in [1.54, 1.807) is 0 Å². The maximum atomic E-state index is 5.94. The number of rotatable bonds is 6. The monoisotopic (exact) mass is 391 g/mol. The Morgan fingerprint density at radius 1 is 1.10 bits per heavy atom. The molecule has 0 bridgehead atoms. The van der Waals surface area contributed by atoms with Crippen molar-refractivity contribution in [1.82, 2.24) is 10.1 Å². The first-order valence-electron chi connectivity index (χ1n) is 10.1. The number of fused-ring (bicyclic) bond motifs is 1. The highest BCUT2D eigenvalue weighted by Crippen LogP contribution is 2.30. The molecule has 0 unspecified atom stereocenters. The molecule has 0 saturated carbocycles. The SMILES string of the molecule is Cc1noc(C)c1COc1ccc(CN2C[C@H](N(C)C)Cc3ccccc32)cc1. The molecule has 1 atom stereocenters. The fourth-order valence-corrected chi connectivity index (χ4v) is 3.93. The Bertz CT molecular complexity index is 943. The predicted molar refractivity (Wildman–Crippen MR) is 115 cm³/mol. The lowest BCUT2D eigenvalue weighted by molar-refractivity contribution is 0.285. The highest BCUT2D eigenvalue weighted by Gasteiger charge is 2.25. The summed E-state index contributed by atoms with van der Waals surface area (Å²) < 4.78 is 11.1. The van der Waals surface area contributed by atoms with Crippen LogP contribution in [0.15, 0.2) is 53.1 Å². The molecule has 0 aliphatic carbocycles. The fourth-order valence-electron chi connectivity index (χ4n) is 3.93. The van der Waals surface area contributed by atoms with Crippen LogP contribution < -0.4 is 9.64 Å². The number of nitrogens with zero attached hydrogens (tertiary/aromatic N) is 3. The van der Waals surface area contributed by atoms with Crippen LogP contribution in [0.2, 0.25) is 0 Å². The summed E-state index contributed by atoms with van der Waals surface area (Å²) in [6.45, 7) is 6.26. The molecule has 3 aromatic rings. The molecule has 1 aliphatic heterocycles. The molecule has 2 heterocycles. The van der Waals surface area contributed by atoms with Crippen LogP contribution in [-0.4, -0.2) is 36.7 Å². The van der Waals surface area contributed by atoms with Crippen LogP contribution in [0, 0.1) is 13.8 Å². The van der Waals surface area contributed by atoms with Crippen LogP contribution in [0.25, 0.3) is 0 Å². The Balaban J connectivity index is 1.44. The third-order valence-electron chi connectivity index (χ3n) is 5.81. The fraction of sp³-hybridized carbons (Fsp3) is 0.375. The molecule has 0 N–H and O–H groups in total. The van der Waals surface area contributed by atoms with Gasteiger partial charge in [0.25, 0.3) is 0 Å². The Kier molecular flexibility index (Phi) is 5.58. The summed E-state index contributed by atoms with van der Waals surface area (Å²) in [4.78, 5) is 4.82. The lowest BCUT2D eigenvalue weighted by atomic mass is 9.96. The maximum absolute atomic E-state index is 5.94. The van der Waals surface area contributed by atoms with E-state index >= 15 is 0 Å². The summed E-state index contributed by atoms with van der Waals surface area (Å²) in [5.74, 6) is 1.68. The molecule has 5 heteroatoms. The topological polar surface area (TPSA) is 41.7 Å². The number of aromatic nitrogens is 1. The number of anilines is 1. The van der Waals surface area contributed by atoms with Gasteiger partial charge in [-0.15, -0.1) is 0 Å². The largest absolute Gasteiger partial charge is 0.489 e. The van der Waals surface area contributed by atoms with E-state index in [2.05, 4.69) is 65.5 Å². The van der Waals surface area contributed by atoms with Crippen LogP contribution in [0.1, 0.15) is 28.1 Å². The second kappa shape index (κ2) is 8.29. The second-order valence-electron chi connectivity index (χ2n) is 8.07. The van der Waals surface area contributed by atoms with Gasteiger partial charge in [0.05, 0.1) is 11.3 Å². The molecule has 1 aliphatic rings. The van der Waals surface area contributed by atoms with Crippen molar-refractivity contribution in [3.63, 3.8) is 0 Å². The molecule has 2 aromatic carbocycles. The van der Waals surface area contributed by atoms with E-state index in [-0.39, 0.29) is 0 Å². The number of hydrogen-bond donors (Lipinski definition) is 0. The van der Waals surface area contributed by atoms with E-state index in [1.165, 1.54) is 16.8 Å². The second-order valence-corrected chi connectivity index (χ2v) is 8.07. The van der Waals surface area contributed by atoms with Crippen molar-refractivity contribution < 1.29 is 9.26 Å². The first-order chi connectivity index (χ1) is 14.0. The van der Waals surface area contributed by atoms with E-state index < -0.39 is 0 Å². The number of aryl methyl sites for hydroxylation is 2. The van der Waals surface area contributed by atoms with Crippen molar-refractivity contribution in [1.29, 1.82) is 0 Å². The maximum Gasteiger partial charge on any atom is 0.140 e. The van der Waals surface area contributed by atoms with E-state index in [1.807, 2.05) is 26.0 Å². The van der Waals surface area contributed by atoms with Crippen LogP contribution in [0.4, 0.5) is 5.69 Å². The van der Waals surface area contributed by atoms with Gasteiger partial charge in [-0.2, -0.15) is 0 Å². The Morgan fingerprint density at radius 3 is 2.55 bits per heavy atom. The lowest BCUT2D eigenvalue weighted by Crippen LogP contribution is -2.45. The molecule has 1 aromatic heterocycles. The van der Waals surface area contributed by atoms with Gasteiger partial charge >= 0.3 is 0 Å². The molecule has 0 fully saturated rings. The molecule has 0 spiro atoms. The van der Waals surface area contributed by atoms with Crippen molar-refractivity contribution in [2.75, 3.05) is 25.5 Å². The van der Waals surface area contributed by atoms with Crippen LogP contribution >= 0.6 is 0 Å². The zero-order valence-electron chi connectivity index (χ0n) is 17.7. The van der Waals surface area contributed by atoms with Crippen molar-refractivity contribution in [3.05, 3.63) is 76.7 Å². The van der Waals surface area contributed by atoms with E-state index in [0.29, 0.717) is 12.6 Å². The number of likely N-dealkylation sites (N-methyl/N-ethyl adjacent to an activating group) is 1. The number of hydrogen-bond acceptors (Lipinski definition) is 5. The minimum absolute atomic E-state index is 0.477. The van der Waals surface area contributed by atoms with Gasteiger partial charge in [-0.05, 0) is 63.7 Å². The van der Waals surface area contributed by atoms with Gasteiger partial charge in [0.2, 0.25) is 0 Å². The summed E-state index contributed by atoms with van der Waals surface area (Å²) in [5, 5.41) is 3.98. The Labute approximate surface area is 172 Å². The summed E-state index contributed by atoms with van der Waals surface area (Å²) in [6, 6.07) is 17.7. The molecule has 0 radical (unpaired) electrons. The van der Waals surface area contributed by atoms with Crippen LogP contribution in [0.3, 0.4) is 0 Å². The van der Waals surface area contributed by atoms with Gasteiger partial charge in [-0.3, -0.25) is 0 Å². The van der Waals surface area contributed by atoms with E-state index in [4.69, 9.17) is 9.26 Å².